The van der Waals surface area contributed by atoms with Crippen LogP contribution in [0.2, 0.25) is 0 Å². The number of aryl methyl sites for hydroxylation is 1. The largest absolute Gasteiger partial charge is 0.0654 e. The first-order valence-corrected chi connectivity index (χ1v) is 5.15. The van der Waals surface area contributed by atoms with E-state index in [1.54, 1.807) is 0 Å². The van der Waals surface area contributed by atoms with Gasteiger partial charge in [-0.05, 0) is 43.4 Å². The third kappa shape index (κ3) is 2.87. The fourth-order valence-corrected chi connectivity index (χ4v) is 1.46. The van der Waals surface area contributed by atoms with E-state index < -0.39 is 0 Å². The minimum absolute atomic E-state index is 1.21. The first-order valence-electron chi connectivity index (χ1n) is 5.15. The average Bonchev–Trinajstić information content (AvgIpc) is 2.13. The van der Waals surface area contributed by atoms with Crippen LogP contribution in [0.3, 0.4) is 0 Å². The van der Waals surface area contributed by atoms with Crippen LogP contribution in [0.25, 0.3) is 0 Å². The van der Waals surface area contributed by atoms with Crippen LogP contribution in [-0.4, -0.2) is 0 Å². The molecule has 1 radical (unpaired) electrons. The minimum Gasteiger partial charge on any atom is -0.0654 e. The minimum atomic E-state index is 1.21. The molecule has 0 aliphatic rings. The maximum atomic E-state index is 2.35. The molecule has 0 fully saturated rings. The van der Waals surface area contributed by atoms with E-state index in [2.05, 4.69) is 45.4 Å². The van der Waals surface area contributed by atoms with E-state index >= 15 is 0 Å². The summed E-state index contributed by atoms with van der Waals surface area (Å²) >= 11 is 0. The quantitative estimate of drug-likeness (QED) is 0.606. The van der Waals surface area contributed by atoms with E-state index in [0.717, 1.165) is 0 Å². The summed E-state index contributed by atoms with van der Waals surface area (Å²) in [6, 6.07) is 6.52. The summed E-state index contributed by atoms with van der Waals surface area (Å²) in [5.41, 5.74) is 4.23. The third-order valence-corrected chi connectivity index (χ3v) is 2.57. The molecule has 1 aromatic carbocycles. The van der Waals surface area contributed by atoms with Crippen molar-refractivity contribution in [2.45, 2.75) is 40.0 Å². The summed E-state index contributed by atoms with van der Waals surface area (Å²) in [7, 11) is 0. The Hall–Kier alpha value is -0.780. The van der Waals surface area contributed by atoms with Crippen molar-refractivity contribution in [3.05, 3.63) is 41.3 Å². The van der Waals surface area contributed by atoms with Gasteiger partial charge in [0.1, 0.15) is 0 Å². The van der Waals surface area contributed by atoms with Crippen molar-refractivity contribution < 1.29 is 0 Å². The number of hydrogen-bond donors (Lipinski definition) is 0. The van der Waals surface area contributed by atoms with Crippen molar-refractivity contribution in [1.29, 1.82) is 0 Å². The summed E-state index contributed by atoms with van der Waals surface area (Å²) in [5.74, 6) is 0. The lowest BCUT2D eigenvalue weighted by Crippen LogP contribution is -1.90. The van der Waals surface area contributed by atoms with Crippen LogP contribution in [0.4, 0.5) is 0 Å². The van der Waals surface area contributed by atoms with Gasteiger partial charge in [0.2, 0.25) is 0 Å². The maximum absolute atomic E-state index is 2.35. The van der Waals surface area contributed by atoms with Gasteiger partial charge in [-0.25, -0.2) is 0 Å². The molecule has 0 bridgehead atoms. The van der Waals surface area contributed by atoms with Crippen molar-refractivity contribution in [3.63, 3.8) is 0 Å². The van der Waals surface area contributed by atoms with Gasteiger partial charge >= 0.3 is 0 Å². The van der Waals surface area contributed by atoms with Gasteiger partial charge in [-0.1, -0.05) is 38.0 Å². The van der Waals surface area contributed by atoms with Crippen molar-refractivity contribution in [2.75, 3.05) is 0 Å². The summed E-state index contributed by atoms with van der Waals surface area (Å²) < 4.78 is 0. The normalized spacial score (nSPS) is 10.4. The molecule has 71 valence electrons. The molecule has 0 heterocycles. The smallest absolute Gasteiger partial charge is 0.00903 e. The van der Waals surface area contributed by atoms with Crippen LogP contribution >= 0.6 is 0 Å². The van der Waals surface area contributed by atoms with E-state index in [-0.39, 0.29) is 0 Å². The van der Waals surface area contributed by atoms with Crippen molar-refractivity contribution in [1.82, 2.24) is 0 Å². The third-order valence-electron chi connectivity index (χ3n) is 2.57. The molecule has 0 unspecified atom stereocenters. The van der Waals surface area contributed by atoms with Crippen LogP contribution in [0.5, 0.6) is 0 Å². The van der Waals surface area contributed by atoms with E-state index in [4.69, 9.17) is 0 Å². The molecule has 0 N–H and O–H groups in total. The van der Waals surface area contributed by atoms with E-state index in [0.29, 0.717) is 0 Å². The molecule has 0 saturated carbocycles. The number of rotatable bonds is 4. The molecule has 0 aromatic heterocycles. The molecular weight excluding hydrogens is 156 g/mol. The molecule has 0 spiro atoms. The molecule has 0 heteroatoms. The van der Waals surface area contributed by atoms with Gasteiger partial charge in [-0.15, -0.1) is 0 Å². The van der Waals surface area contributed by atoms with Gasteiger partial charge in [0, 0.05) is 0 Å². The Balaban J connectivity index is 2.61. The van der Waals surface area contributed by atoms with Crippen molar-refractivity contribution in [2.24, 2.45) is 0 Å². The predicted molar refractivity (Wildman–Crippen MR) is 58.8 cm³/mol. The molecule has 0 nitrogen and oxygen atoms in total. The lowest BCUT2D eigenvalue weighted by atomic mass is 9.99. The average molecular weight is 175 g/mol. The second kappa shape index (κ2) is 5.06. The SMILES string of the molecule is CCCC[CH]c1cccc(C)c1C. The zero-order valence-electron chi connectivity index (χ0n) is 8.93. The van der Waals surface area contributed by atoms with Crippen molar-refractivity contribution in [3.8, 4) is 0 Å². The summed E-state index contributed by atoms with van der Waals surface area (Å²) in [4.78, 5) is 0. The van der Waals surface area contributed by atoms with Crippen LogP contribution < -0.4 is 0 Å². The van der Waals surface area contributed by atoms with Gasteiger partial charge in [0.05, 0.1) is 0 Å². The zero-order valence-corrected chi connectivity index (χ0v) is 8.93. The van der Waals surface area contributed by atoms with Crippen LogP contribution in [0.1, 0.15) is 42.9 Å². The summed E-state index contributed by atoms with van der Waals surface area (Å²) in [6.07, 6.45) is 6.14. The molecule has 0 amide bonds. The standard InChI is InChI=1S/C13H19/c1-4-5-6-9-13-10-7-8-11(2)12(13)3/h7-10H,4-6H2,1-3H3. The topological polar surface area (TPSA) is 0 Å². The fraction of sp³-hybridized carbons (Fsp3) is 0.462. The van der Waals surface area contributed by atoms with Gasteiger partial charge in [0.15, 0.2) is 0 Å². The van der Waals surface area contributed by atoms with Gasteiger partial charge in [0.25, 0.3) is 0 Å². The highest BCUT2D eigenvalue weighted by Crippen LogP contribution is 2.16. The Kier molecular flexibility index (Phi) is 4.01. The number of benzene rings is 1. The van der Waals surface area contributed by atoms with Gasteiger partial charge in [-0.3, -0.25) is 0 Å². The Bertz CT molecular complexity index is 261. The molecule has 0 saturated heterocycles. The van der Waals surface area contributed by atoms with Gasteiger partial charge < -0.3 is 0 Å². The maximum Gasteiger partial charge on any atom is -0.00903 e. The highest BCUT2D eigenvalue weighted by atomic mass is 14.0. The Morgan fingerprint density at radius 1 is 1.23 bits per heavy atom. The summed E-state index contributed by atoms with van der Waals surface area (Å²) in [6.45, 7) is 6.61. The molecule has 0 aliphatic carbocycles. The Morgan fingerprint density at radius 2 is 2.00 bits per heavy atom. The van der Waals surface area contributed by atoms with E-state index in [9.17, 15) is 0 Å². The number of hydrogen-bond acceptors (Lipinski definition) is 0. The highest BCUT2D eigenvalue weighted by Gasteiger charge is 1.99. The van der Waals surface area contributed by atoms with E-state index in [1.165, 1.54) is 36.0 Å². The van der Waals surface area contributed by atoms with Gasteiger partial charge in [-0.2, -0.15) is 0 Å². The Morgan fingerprint density at radius 3 is 2.69 bits per heavy atom. The van der Waals surface area contributed by atoms with Crippen LogP contribution in [0.15, 0.2) is 18.2 Å². The molecule has 1 rings (SSSR count). The molecule has 1 aromatic rings. The predicted octanol–water partition coefficient (Wildman–Crippen LogP) is 4.05. The molecule has 13 heavy (non-hydrogen) atoms. The lowest BCUT2D eigenvalue weighted by Gasteiger charge is -2.07. The lowest BCUT2D eigenvalue weighted by molar-refractivity contribution is 0.790. The number of unbranched alkanes of at least 4 members (excludes halogenated alkanes) is 2. The molecule has 0 aliphatic heterocycles. The highest BCUT2D eigenvalue weighted by molar-refractivity contribution is 5.37. The molecular formula is C13H19. The first kappa shape index (κ1) is 10.3. The van der Waals surface area contributed by atoms with Crippen LogP contribution in [-0.2, 0) is 0 Å². The second-order valence-electron chi connectivity index (χ2n) is 3.64. The second-order valence-corrected chi connectivity index (χ2v) is 3.64. The Labute approximate surface area is 82.0 Å². The van der Waals surface area contributed by atoms with Crippen LogP contribution in [0, 0.1) is 20.3 Å². The zero-order chi connectivity index (χ0) is 9.68. The fourth-order valence-electron chi connectivity index (χ4n) is 1.46. The van der Waals surface area contributed by atoms with Crippen molar-refractivity contribution >= 4 is 0 Å². The molecule has 0 atom stereocenters. The summed E-state index contributed by atoms with van der Waals surface area (Å²) in [5, 5.41) is 0. The van der Waals surface area contributed by atoms with E-state index in [1.807, 2.05) is 0 Å². The first-order chi connectivity index (χ1) is 6.25. The monoisotopic (exact) mass is 175 g/mol.